The molecule has 1 aliphatic rings. The van der Waals surface area contributed by atoms with E-state index in [4.69, 9.17) is 18.0 Å². The molecule has 0 saturated carbocycles. The molecule has 0 aromatic heterocycles. The molecule has 122 valence electrons. The SMILES string of the molecule is CC(C)C(C)NC(=O)CN1CCN(C(C)(C)C(N)=S)CC1. The average molecular weight is 314 g/mol. The molecule has 1 amide bonds. The summed E-state index contributed by atoms with van der Waals surface area (Å²) in [6, 6.07) is 0.215. The molecule has 1 rings (SSSR count). The van der Waals surface area contributed by atoms with Gasteiger partial charge in [0.1, 0.15) is 0 Å². The lowest BCUT2D eigenvalue weighted by molar-refractivity contribution is -0.123. The molecule has 0 aliphatic carbocycles. The van der Waals surface area contributed by atoms with E-state index in [2.05, 4.69) is 42.8 Å². The van der Waals surface area contributed by atoms with Crippen LogP contribution in [0.25, 0.3) is 0 Å². The van der Waals surface area contributed by atoms with Crippen molar-refractivity contribution in [1.29, 1.82) is 0 Å². The molecule has 1 aliphatic heterocycles. The Balaban J connectivity index is 2.40. The lowest BCUT2D eigenvalue weighted by Gasteiger charge is -2.43. The number of hydrogen-bond donors (Lipinski definition) is 2. The number of hydrogen-bond acceptors (Lipinski definition) is 4. The van der Waals surface area contributed by atoms with Gasteiger partial charge < -0.3 is 11.1 Å². The van der Waals surface area contributed by atoms with Gasteiger partial charge in [-0.1, -0.05) is 26.1 Å². The standard InChI is InChI=1S/C15H30N4OS/c1-11(2)12(3)17-13(20)10-18-6-8-19(9-7-18)15(4,5)14(16)21/h11-12H,6-10H2,1-5H3,(H2,16,21)(H,17,20). The molecule has 5 nitrogen and oxygen atoms in total. The molecule has 0 radical (unpaired) electrons. The lowest BCUT2D eigenvalue weighted by atomic mass is 10.0. The van der Waals surface area contributed by atoms with Crippen LogP contribution in [0.5, 0.6) is 0 Å². The van der Waals surface area contributed by atoms with Gasteiger partial charge in [-0.05, 0) is 26.7 Å². The minimum absolute atomic E-state index is 0.109. The molecule has 3 N–H and O–H groups in total. The number of nitrogens with one attached hydrogen (secondary N) is 1. The Hall–Kier alpha value is -0.720. The van der Waals surface area contributed by atoms with Crippen molar-refractivity contribution in [2.24, 2.45) is 11.7 Å². The molecule has 21 heavy (non-hydrogen) atoms. The monoisotopic (exact) mass is 314 g/mol. The highest BCUT2D eigenvalue weighted by Gasteiger charge is 2.32. The molecule has 1 fully saturated rings. The van der Waals surface area contributed by atoms with Gasteiger partial charge in [0.2, 0.25) is 5.91 Å². The first-order valence-electron chi connectivity index (χ1n) is 7.71. The summed E-state index contributed by atoms with van der Waals surface area (Å²) >= 11 is 5.14. The van der Waals surface area contributed by atoms with Crippen molar-refractivity contribution in [1.82, 2.24) is 15.1 Å². The van der Waals surface area contributed by atoms with Crippen LogP contribution in [0.15, 0.2) is 0 Å². The van der Waals surface area contributed by atoms with Gasteiger partial charge in [0.05, 0.1) is 17.1 Å². The summed E-state index contributed by atoms with van der Waals surface area (Å²) in [7, 11) is 0. The Morgan fingerprint density at radius 3 is 2.19 bits per heavy atom. The predicted molar refractivity (Wildman–Crippen MR) is 91.3 cm³/mol. The number of amides is 1. The molecule has 0 aromatic carbocycles. The fraction of sp³-hybridized carbons (Fsp3) is 0.867. The summed E-state index contributed by atoms with van der Waals surface area (Å²) in [5.41, 5.74) is 5.56. The zero-order chi connectivity index (χ0) is 16.2. The third-order valence-corrected chi connectivity index (χ3v) is 5.02. The first-order chi connectivity index (χ1) is 9.64. The van der Waals surface area contributed by atoms with Crippen LogP contribution in [-0.4, -0.2) is 65.0 Å². The zero-order valence-corrected chi connectivity index (χ0v) is 14.8. The van der Waals surface area contributed by atoms with Crippen molar-refractivity contribution in [3.63, 3.8) is 0 Å². The summed E-state index contributed by atoms with van der Waals surface area (Å²) in [5.74, 6) is 0.565. The summed E-state index contributed by atoms with van der Waals surface area (Å²) in [5, 5.41) is 3.05. The van der Waals surface area contributed by atoms with E-state index in [1.54, 1.807) is 0 Å². The first kappa shape index (κ1) is 18.3. The first-order valence-corrected chi connectivity index (χ1v) is 8.12. The van der Waals surface area contributed by atoms with Gasteiger partial charge in [-0.3, -0.25) is 14.6 Å². The molecule has 1 heterocycles. The van der Waals surface area contributed by atoms with E-state index < -0.39 is 0 Å². The second-order valence-corrected chi connectivity index (χ2v) is 7.23. The number of piperazine rings is 1. The van der Waals surface area contributed by atoms with Gasteiger partial charge >= 0.3 is 0 Å². The van der Waals surface area contributed by atoms with Gasteiger partial charge in [0, 0.05) is 32.2 Å². The van der Waals surface area contributed by atoms with Crippen LogP contribution in [-0.2, 0) is 4.79 Å². The smallest absolute Gasteiger partial charge is 0.234 e. The van der Waals surface area contributed by atoms with Crippen LogP contribution in [0.3, 0.4) is 0 Å². The molecular weight excluding hydrogens is 284 g/mol. The topological polar surface area (TPSA) is 61.6 Å². The number of nitrogens with two attached hydrogens (primary N) is 1. The van der Waals surface area contributed by atoms with Crippen molar-refractivity contribution < 1.29 is 4.79 Å². The van der Waals surface area contributed by atoms with Crippen LogP contribution >= 0.6 is 12.2 Å². The highest BCUT2D eigenvalue weighted by Crippen LogP contribution is 2.17. The fourth-order valence-corrected chi connectivity index (χ4v) is 2.42. The van der Waals surface area contributed by atoms with E-state index in [1.807, 2.05) is 6.92 Å². The van der Waals surface area contributed by atoms with E-state index in [0.29, 0.717) is 17.5 Å². The van der Waals surface area contributed by atoms with Crippen LogP contribution < -0.4 is 11.1 Å². The Morgan fingerprint density at radius 2 is 1.76 bits per heavy atom. The third-order valence-electron chi connectivity index (χ3n) is 4.52. The third kappa shape index (κ3) is 5.20. The number of carbonyl (C=O) groups is 1. The molecule has 0 spiro atoms. The minimum Gasteiger partial charge on any atom is -0.392 e. The number of rotatable bonds is 6. The van der Waals surface area contributed by atoms with Crippen molar-refractivity contribution in [3.05, 3.63) is 0 Å². The highest BCUT2D eigenvalue weighted by atomic mass is 32.1. The number of nitrogens with zero attached hydrogens (tertiary/aromatic N) is 2. The molecule has 0 aromatic rings. The quantitative estimate of drug-likeness (QED) is 0.711. The summed E-state index contributed by atoms with van der Waals surface area (Å²) in [6.45, 7) is 14.4. The van der Waals surface area contributed by atoms with Crippen molar-refractivity contribution >= 4 is 23.1 Å². The molecule has 6 heteroatoms. The van der Waals surface area contributed by atoms with Crippen LogP contribution in [0.2, 0.25) is 0 Å². The Kier molecular flexibility index (Phi) is 6.56. The second kappa shape index (κ2) is 7.51. The van der Waals surface area contributed by atoms with Gasteiger partial charge in [0.15, 0.2) is 0 Å². The molecular formula is C15H30N4OS. The van der Waals surface area contributed by atoms with Gasteiger partial charge in [-0.2, -0.15) is 0 Å². The van der Waals surface area contributed by atoms with Gasteiger partial charge in [-0.15, -0.1) is 0 Å². The molecule has 1 atom stereocenters. The number of thiocarbonyl (C=S) groups is 1. The predicted octanol–water partition coefficient (Wildman–Crippen LogP) is 0.829. The average Bonchev–Trinajstić information content (AvgIpc) is 2.38. The maximum absolute atomic E-state index is 12.0. The largest absolute Gasteiger partial charge is 0.392 e. The highest BCUT2D eigenvalue weighted by molar-refractivity contribution is 7.80. The van der Waals surface area contributed by atoms with Crippen molar-refractivity contribution in [3.8, 4) is 0 Å². The molecule has 1 unspecified atom stereocenters. The number of carbonyl (C=O) groups excluding carboxylic acids is 1. The van der Waals surface area contributed by atoms with E-state index >= 15 is 0 Å². The van der Waals surface area contributed by atoms with E-state index in [0.717, 1.165) is 26.2 Å². The maximum Gasteiger partial charge on any atom is 0.234 e. The van der Waals surface area contributed by atoms with Crippen molar-refractivity contribution in [2.45, 2.75) is 46.2 Å². The fourth-order valence-electron chi connectivity index (χ4n) is 2.29. The normalized spacial score (nSPS) is 19.5. The van der Waals surface area contributed by atoms with Gasteiger partial charge in [-0.25, -0.2) is 0 Å². The molecule has 0 bridgehead atoms. The van der Waals surface area contributed by atoms with Crippen molar-refractivity contribution in [2.75, 3.05) is 32.7 Å². The van der Waals surface area contributed by atoms with Crippen LogP contribution in [0.1, 0.15) is 34.6 Å². The Bertz CT molecular complexity index is 376. The van der Waals surface area contributed by atoms with Crippen LogP contribution in [0.4, 0.5) is 0 Å². The summed E-state index contributed by atoms with van der Waals surface area (Å²) in [6.07, 6.45) is 0. The summed E-state index contributed by atoms with van der Waals surface area (Å²) in [4.78, 5) is 17.0. The van der Waals surface area contributed by atoms with E-state index in [-0.39, 0.29) is 17.5 Å². The van der Waals surface area contributed by atoms with E-state index in [9.17, 15) is 4.79 Å². The second-order valence-electron chi connectivity index (χ2n) is 6.79. The van der Waals surface area contributed by atoms with E-state index in [1.165, 1.54) is 0 Å². The summed E-state index contributed by atoms with van der Waals surface area (Å²) < 4.78 is 0. The van der Waals surface area contributed by atoms with Crippen LogP contribution in [0, 0.1) is 5.92 Å². The zero-order valence-electron chi connectivity index (χ0n) is 14.0. The minimum atomic E-state index is -0.254. The Labute approximate surface area is 134 Å². The Morgan fingerprint density at radius 1 is 1.24 bits per heavy atom. The molecule has 1 saturated heterocycles. The maximum atomic E-state index is 12.0. The van der Waals surface area contributed by atoms with Gasteiger partial charge in [0.25, 0.3) is 0 Å². The lowest BCUT2D eigenvalue weighted by Crippen LogP contribution is -2.60.